The van der Waals surface area contributed by atoms with E-state index in [-0.39, 0.29) is 5.91 Å². The standard InChI is InChI=1S/C21H21N3O3/c1-15-3-5-18(24-8-7-22-14-24)17(11-15)21(25)23(2)13-16-4-6-19-20(12-16)27-10-9-26-19/h3-8,11-12,14H,9-10,13H2,1-2H3. The second kappa shape index (κ2) is 7.15. The minimum Gasteiger partial charge on any atom is -0.486 e. The van der Waals surface area contributed by atoms with E-state index in [9.17, 15) is 4.79 Å². The Morgan fingerprint density at radius 2 is 1.96 bits per heavy atom. The molecule has 0 saturated carbocycles. The SMILES string of the molecule is Cc1ccc(-n2ccnc2)c(C(=O)N(C)Cc2ccc3c(c2)OCCO3)c1. The van der Waals surface area contributed by atoms with Crippen LogP contribution in [-0.2, 0) is 6.54 Å². The smallest absolute Gasteiger partial charge is 0.256 e. The van der Waals surface area contributed by atoms with E-state index in [4.69, 9.17) is 9.47 Å². The summed E-state index contributed by atoms with van der Waals surface area (Å²) in [5, 5.41) is 0. The number of imidazole rings is 1. The van der Waals surface area contributed by atoms with Crippen LogP contribution in [0.15, 0.2) is 55.1 Å². The molecular formula is C21H21N3O3. The van der Waals surface area contributed by atoms with Crippen LogP contribution in [0.5, 0.6) is 11.5 Å². The summed E-state index contributed by atoms with van der Waals surface area (Å²) in [5.74, 6) is 1.44. The number of ether oxygens (including phenoxy) is 2. The number of nitrogens with zero attached hydrogens (tertiary/aromatic N) is 3. The van der Waals surface area contributed by atoms with Gasteiger partial charge in [-0.2, -0.15) is 0 Å². The summed E-state index contributed by atoms with van der Waals surface area (Å²) in [5.41, 5.74) is 3.49. The molecule has 0 spiro atoms. The van der Waals surface area contributed by atoms with Crippen molar-refractivity contribution in [1.82, 2.24) is 14.5 Å². The van der Waals surface area contributed by atoms with Crippen LogP contribution in [-0.4, -0.2) is 40.6 Å². The van der Waals surface area contributed by atoms with Crippen LogP contribution in [0.2, 0.25) is 0 Å². The fraction of sp³-hybridized carbons (Fsp3) is 0.238. The van der Waals surface area contributed by atoms with Crippen LogP contribution >= 0.6 is 0 Å². The maximum atomic E-state index is 13.1. The summed E-state index contributed by atoms with van der Waals surface area (Å²) in [4.78, 5) is 18.9. The van der Waals surface area contributed by atoms with Gasteiger partial charge in [-0.3, -0.25) is 4.79 Å². The van der Waals surface area contributed by atoms with Gasteiger partial charge in [0.15, 0.2) is 11.5 Å². The maximum absolute atomic E-state index is 13.1. The molecule has 1 aliphatic rings. The molecule has 6 nitrogen and oxygen atoms in total. The van der Waals surface area contributed by atoms with Crippen molar-refractivity contribution >= 4 is 5.91 Å². The molecule has 6 heteroatoms. The van der Waals surface area contributed by atoms with Crippen molar-refractivity contribution in [2.24, 2.45) is 0 Å². The molecule has 0 radical (unpaired) electrons. The Kier molecular flexibility index (Phi) is 4.54. The highest BCUT2D eigenvalue weighted by atomic mass is 16.6. The number of fused-ring (bicyclic) bond motifs is 1. The van der Waals surface area contributed by atoms with Crippen molar-refractivity contribution in [3.05, 3.63) is 71.8 Å². The molecule has 2 aromatic carbocycles. The van der Waals surface area contributed by atoms with Gasteiger partial charge in [0.25, 0.3) is 5.91 Å². The van der Waals surface area contributed by atoms with Crippen LogP contribution in [0.1, 0.15) is 21.5 Å². The van der Waals surface area contributed by atoms with Crippen molar-refractivity contribution in [2.45, 2.75) is 13.5 Å². The molecule has 1 amide bonds. The second-order valence-corrected chi connectivity index (χ2v) is 6.63. The van der Waals surface area contributed by atoms with E-state index in [1.54, 1.807) is 24.5 Å². The highest BCUT2D eigenvalue weighted by Crippen LogP contribution is 2.31. The number of aryl methyl sites for hydroxylation is 1. The van der Waals surface area contributed by atoms with E-state index in [0.29, 0.717) is 25.3 Å². The number of hydrogen-bond acceptors (Lipinski definition) is 4. The lowest BCUT2D eigenvalue weighted by molar-refractivity contribution is 0.0784. The largest absolute Gasteiger partial charge is 0.486 e. The first-order valence-electron chi connectivity index (χ1n) is 8.85. The first kappa shape index (κ1) is 17.1. The summed E-state index contributed by atoms with van der Waals surface area (Å²) >= 11 is 0. The topological polar surface area (TPSA) is 56.6 Å². The third-order valence-corrected chi connectivity index (χ3v) is 4.54. The van der Waals surface area contributed by atoms with Gasteiger partial charge in [0.1, 0.15) is 13.2 Å². The van der Waals surface area contributed by atoms with Gasteiger partial charge in [-0.05, 0) is 36.8 Å². The molecule has 138 valence electrons. The lowest BCUT2D eigenvalue weighted by atomic mass is 10.1. The normalized spacial score (nSPS) is 12.7. The molecule has 3 aromatic rings. The highest BCUT2D eigenvalue weighted by molar-refractivity contribution is 5.97. The minimum absolute atomic E-state index is 0.0442. The van der Waals surface area contributed by atoms with Crippen molar-refractivity contribution < 1.29 is 14.3 Å². The fourth-order valence-electron chi connectivity index (χ4n) is 3.19. The van der Waals surface area contributed by atoms with E-state index >= 15 is 0 Å². The zero-order chi connectivity index (χ0) is 18.8. The first-order valence-corrected chi connectivity index (χ1v) is 8.85. The number of aromatic nitrogens is 2. The zero-order valence-electron chi connectivity index (χ0n) is 15.4. The van der Waals surface area contributed by atoms with Gasteiger partial charge in [0, 0.05) is 26.0 Å². The lowest BCUT2D eigenvalue weighted by Crippen LogP contribution is -2.27. The van der Waals surface area contributed by atoms with Gasteiger partial charge in [-0.25, -0.2) is 4.98 Å². The molecule has 0 unspecified atom stereocenters. The summed E-state index contributed by atoms with van der Waals surface area (Å²) < 4.78 is 13.0. The average Bonchev–Trinajstić information content (AvgIpc) is 3.21. The molecule has 0 atom stereocenters. The first-order chi connectivity index (χ1) is 13.1. The summed E-state index contributed by atoms with van der Waals surface area (Å²) in [6, 6.07) is 11.6. The van der Waals surface area contributed by atoms with Gasteiger partial charge >= 0.3 is 0 Å². The Balaban J connectivity index is 1.59. The Bertz CT molecular complexity index is 967. The molecule has 1 aromatic heterocycles. The van der Waals surface area contributed by atoms with Crippen molar-refractivity contribution in [2.75, 3.05) is 20.3 Å². The van der Waals surface area contributed by atoms with E-state index in [0.717, 1.165) is 28.3 Å². The number of benzene rings is 2. The van der Waals surface area contributed by atoms with Crippen molar-refractivity contribution in [3.8, 4) is 17.2 Å². The minimum atomic E-state index is -0.0442. The van der Waals surface area contributed by atoms with Crippen LogP contribution < -0.4 is 9.47 Å². The van der Waals surface area contributed by atoms with E-state index in [2.05, 4.69) is 4.98 Å². The average molecular weight is 363 g/mol. The molecule has 0 saturated heterocycles. The molecular weight excluding hydrogens is 342 g/mol. The number of carbonyl (C=O) groups is 1. The van der Waals surface area contributed by atoms with Gasteiger partial charge in [-0.1, -0.05) is 17.7 Å². The van der Waals surface area contributed by atoms with Crippen LogP contribution in [0.25, 0.3) is 5.69 Å². The molecule has 27 heavy (non-hydrogen) atoms. The third-order valence-electron chi connectivity index (χ3n) is 4.54. The number of hydrogen-bond donors (Lipinski definition) is 0. The predicted octanol–water partition coefficient (Wildman–Crippen LogP) is 3.22. The third kappa shape index (κ3) is 3.51. The van der Waals surface area contributed by atoms with Crippen molar-refractivity contribution in [3.63, 3.8) is 0 Å². The predicted molar refractivity (Wildman–Crippen MR) is 102 cm³/mol. The summed E-state index contributed by atoms with van der Waals surface area (Å²) in [6.07, 6.45) is 5.23. The lowest BCUT2D eigenvalue weighted by Gasteiger charge is -2.22. The van der Waals surface area contributed by atoms with Crippen LogP contribution in [0.4, 0.5) is 0 Å². The van der Waals surface area contributed by atoms with Gasteiger partial charge < -0.3 is 18.9 Å². The fourth-order valence-corrected chi connectivity index (χ4v) is 3.19. The molecule has 1 aliphatic heterocycles. The van der Waals surface area contributed by atoms with E-state index < -0.39 is 0 Å². The van der Waals surface area contributed by atoms with Crippen LogP contribution in [0, 0.1) is 6.92 Å². The monoisotopic (exact) mass is 363 g/mol. The highest BCUT2D eigenvalue weighted by Gasteiger charge is 2.19. The number of carbonyl (C=O) groups excluding carboxylic acids is 1. The molecule has 4 rings (SSSR count). The quantitative estimate of drug-likeness (QED) is 0.714. The molecule has 2 heterocycles. The second-order valence-electron chi connectivity index (χ2n) is 6.63. The van der Waals surface area contributed by atoms with Gasteiger partial charge in [-0.15, -0.1) is 0 Å². The molecule has 0 N–H and O–H groups in total. The van der Waals surface area contributed by atoms with E-state index in [1.165, 1.54) is 0 Å². The Morgan fingerprint density at radius 1 is 1.15 bits per heavy atom. The van der Waals surface area contributed by atoms with E-state index in [1.807, 2.05) is 54.1 Å². The zero-order valence-corrected chi connectivity index (χ0v) is 15.4. The number of amides is 1. The molecule has 0 bridgehead atoms. The Labute approximate surface area is 158 Å². The Hall–Kier alpha value is -3.28. The maximum Gasteiger partial charge on any atom is 0.256 e. The summed E-state index contributed by atoms with van der Waals surface area (Å²) in [6.45, 7) is 3.57. The van der Waals surface area contributed by atoms with Gasteiger partial charge in [0.2, 0.25) is 0 Å². The van der Waals surface area contributed by atoms with Crippen LogP contribution in [0.3, 0.4) is 0 Å². The van der Waals surface area contributed by atoms with Gasteiger partial charge in [0.05, 0.1) is 17.6 Å². The summed E-state index contributed by atoms with van der Waals surface area (Å²) in [7, 11) is 1.80. The Morgan fingerprint density at radius 3 is 2.74 bits per heavy atom. The van der Waals surface area contributed by atoms with Crippen molar-refractivity contribution in [1.29, 1.82) is 0 Å². The molecule has 0 fully saturated rings. The molecule has 0 aliphatic carbocycles. The number of rotatable bonds is 4.